The molecule has 0 unspecified atom stereocenters. The standard InChI is InChI=1S/C9H17NO.ClH/c10-7-9(11)8-5-3-1-2-4-6-8;/h8H,1-7,10H2;1H. The molecular weight excluding hydrogens is 174 g/mol. The number of rotatable bonds is 2. The normalized spacial score (nSPS) is 19.4. The van der Waals surface area contributed by atoms with E-state index in [1.54, 1.807) is 0 Å². The van der Waals surface area contributed by atoms with Gasteiger partial charge in [-0.3, -0.25) is 4.79 Å². The second-order valence-electron chi connectivity index (χ2n) is 3.36. The number of Topliss-reactive ketones (excluding diaryl/α,β-unsaturated/α-hetero) is 1. The molecule has 1 fully saturated rings. The van der Waals surface area contributed by atoms with Gasteiger partial charge in [0.05, 0.1) is 6.54 Å². The lowest BCUT2D eigenvalue weighted by atomic mass is 9.96. The molecule has 0 heterocycles. The van der Waals surface area contributed by atoms with Gasteiger partial charge in [-0.05, 0) is 12.8 Å². The van der Waals surface area contributed by atoms with E-state index in [9.17, 15) is 4.79 Å². The van der Waals surface area contributed by atoms with E-state index >= 15 is 0 Å². The molecule has 72 valence electrons. The lowest BCUT2D eigenvalue weighted by Crippen LogP contribution is -2.22. The molecule has 1 aliphatic carbocycles. The third kappa shape index (κ3) is 3.55. The molecule has 0 aromatic heterocycles. The van der Waals surface area contributed by atoms with Crippen molar-refractivity contribution in [3.05, 3.63) is 0 Å². The van der Waals surface area contributed by atoms with Crippen LogP contribution in [0.4, 0.5) is 0 Å². The minimum Gasteiger partial charge on any atom is -0.324 e. The van der Waals surface area contributed by atoms with Crippen molar-refractivity contribution in [3.63, 3.8) is 0 Å². The fourth-order valence-electron chi connectivity index (χ4n) is 1.77. The molecule has 0 amide bonds. The first-order valence-corrected chi connectivity index (χ1v) is 4.57. The van der Waals surface area contributed by atoms with Crippen LogP contribution in [0.1, 0.15) is 38.5 Å². The molecule has 0 atom stereocenters. The Morgan fingerprint density at radius 1 is 1.17 bits per heavy atom. The molecule has 12 heavy (non-hydrogen) atoms. The molecule has 0 saturated heterocycles. The molecule has 0 spiro atoms. The predicted molar refractivity (Wildman–Crippen MR) is 52.5 cm³/mol. The number of nitrogens with two attached hydrogens (primary N) is 1. The third-order valence-corrected chi connectivity index (χ3v) is 2.51. The summed E-state index contributed by atoms with van der Waals surface area (Å²) in [7, 11) is 0. The van der Waals surface area contributed by atoms with Crippen LogP contribution in [0, 0.1) is 5.92 Å². The Morgan fingerprint density at radius 2 is 1.67 bits per heavy atom. The summed E-state index contributed by atoms with van der Waals surface area (Å²) in [6.45, 7) is 0.241. The fourth-order valence-corrected chi connectivity index (χ4v) is 1.77. The second-order valence-corrected chi connectivity index (χ2v) is 3.36. The zero-order chi connectivity index (χ0) is 8.10. The van der Waals surface area contributed by atoms with E-state index in [4.69, 9.17) is 5.73 Å². The van der Waals surface area contributed by atoms with Crippen molar-refractivity contribution in [1.82, 2.24) is 0 Å². The van der Waals surface area contributed by atoms with Gasteiger partial charge < -0.3 is 5.73 Å². The Hall–Kier alpha value is -0.0800. The SMILES string of the molecule is Cl.NCC(=O)C1CCCCCC1. The molecular formula is C9H18ClNO. The van der Waals surface area contributed by atoms with Crippen LogP contribution in [0.25, 0.3) is 0 Å². The number of hydrogen-bond donors (Lipinski definition) is 1. The molecule has 0 aromatic carbocycles. The highest BCUT2D eigenvalue weighted by molar-refractivity contribution is 5.85. The van der Waals surface area contributed by atoms with Crippen molar-refractivity contribution < 1.29 is 4.79 Å². The van der Waals surface area contributed by atoms with Gasteiger partial charge in [0, 0.05) is 5.92 Å². The van der Waals surface area contributed by atoms with E-state index in [0.717, 1.165) is 12.8 Å². The third-order valence-electron chi connectivity index (χ3n) is 2.51. The Balaban J connectivity index is 0.00000121. The summed E-state index contributed by atoms with van der Waals surface area (Å²) in [5.74, 6) is 0.564. The van der Waals surface area contributed by atoms with Crippen molar-refractivity contribution in [2.45, 2.75) is 38.5 Å². The van der Waals surface area contributed by atoms with Gasteiger partial charge in [0.25, 0.3) is 0 Å². The van der Waals surface area contributed by atoms with Gasteiger partial charge in [-0.1, -0.05) is 25.7 Å². The summed E-state index contributed by atoms with van der Waals surface area (Å²) < 4.78 is 0. The molecule has 3 heteroatoms. The van der Waals surface area contributed by atoms with Gasteiger partial charge in [0.15, 0.2) is 0 Å². The van der Waals surface area contributed by atoms with Gasteiger partial charge in [0.1, 0.15) is 5.78 Å². The van der Waals surface area contributed by atoms with Crippen LogP contribution < -0.4 is 5.73 Å². The highest BCUT2D eigenvalue weighted by Crippen LogP contribution is 2.22. The molecule has 1 aliphatic rings. The highest BCUT2D eigenvalue weighted by Gasteiger charge is 2.17. The number of hydrogen-bond acceptors (Lipinski definition) is 2. The maximum absolute atomic E-state index is 11.2. The van der Waals surface area contributed by atoms with Crippen molar-refractivity contribution in [2.75, 3.05) is 6.54 Å². The number of halogens is 1. The first-order chi connectivity index (χ1) is 5.34. The van der Waals surface area contributed by atoms with Crippen LogP contribution in [0.2, 0.25) is 0 Å². The predicted octanol–water partition coefficient (Wildman–Crippen LogP) is 1.91. The largest absolute Gasteiger partial charge is 0.324 e. The van der Waals surface area contributed by atoms with Crippen LogP contribution in [-0.4, -0.2) is 12.3 Å². The average Bonchev–Trinajstić information content (AvgIpc) is 2.30. The van der Waals surface area contributed by atoms with E-state index in [-0.39, 0.29) is 24.7 Å². The number of carbonyl (C=O) groups is 1. The van der Waals surface area contributed by atoms with Crippen LogP contribution in [0.3, 0.4) is 0 Å². The van der Waals surface area contributed by atoms with Gasteiger partial charge >= 0.3 is 0 Å². The van der Waals surface area contributed by atoms with E-state index in [1.807, 2.05) is 0 Å². The summed E-state index contributed by atoms with van der Waals surface area (Å²) >= 11 is 0. The van der Waals surface area contributed by atoms with Gasteiger partial charge in [-0.25, -0.2) is 0 Å². The van der Waals surface area contributed by atoms with Crippen molar-refractivity contribution in [2.24, 2.45) is 11.7 Å². The lowest BCUT2D eigenvalue weighted by Gasteiger charge is -2.09. The maximum Gasteiger partial charge on any atom is 0.149 e. The van der Waals surface area contributed by atoms with E-state index in [2.05, 4.69) is 0 Å². The topological polar surface area (TPSA) is 43.1 Å². The lowest BCUT2D eigenvalue weighted by molar-refractivity contribution is -0.121. The minimum absolute atomic E-state index is 0. The minimum atomic E-state index is 0. The molecule has 2 N–H and O–H groups in total. The fraction of sp³-hybridized carbons (Fsp3) is 0.889. The second kappa shape index (κ2) is 6.44. The zero-order valence-electron chi connectivity index (χ0n) is 7.42. The monoisotopic (exact) mass is 191 g/mol. The summed E-state index contributed by atoms with van der Waals surface area (Å²) in [4.78, 5) is 11.2. The number of carbonyl (C=O) groups excluding carboxylic acids is 1. The van der Waals surface area contributed by atoms with E-state index in [0.29, 0.717) is 5.92 Å². The molecule has 0 aromatic rings. The van der Waals surface area contributed by atoms with Crippen molar-refractivity contribution in [3.8, 4) is 0 Å². The molecule has 1 rings (SSSR count). The maximum atomic E-state index is 11.2. The Morgan fingerprint density at radius 3 is 2.08 bits per heavy atom. The summed E-state index contributed by atoms with van der Waals surface area (Å²) in [5, 5.41) is 0. The van der Waals surface area contributed by atoms with Crippen LogP contribution in [0.5, 0.6) is 0 Å². The smallest absolute Gasteiger partial charge is 0.149 e. The van der Waals surface area contributed by atoms with Crippen LogP contribution in [0.15, 0.2) is 0 Å². The Kier molecular flexibility index (Phi) is 6.39. The van der Waals surface area contributed by atoms with Gasteiger partial charge in [-0.15, -0.1) is 12.4 Å². The summed E-state index contributed by atoms with van der Waals surface area (Å²) in [6.07, 6.45) is 7.20. The van der Waals surface area contributed by atoms with Gasteiger partial charge in [-0.2, -0.15) is 0 Å². The highest BCUT2D eigenvalue weighted by atomic mass is 35.5. The first-order valence-electron chi connectivity index (χ1n) is 4.57. The number of ketones is 1. The van der Waals surface area contributed by atoms with Crippen molar-refractivity contribution in [1.29, 1.82) is 0 Å². The van der Waals surface area contributed by atoms with E-state index < -0.39 is 0 Å². The molecule has 0 bridgehead atoms. The van der Waals surface area contributed by atoms with Crippen LogP contribution in [-0.2, 0) is 4.79 Å². The molecule has 2 nitrogen and oxygen atoms in total. The van der Waals surface area contributed by atoms with Crippen LogP contribution >= 0.6 is 12.4 Å². The Bertz CT molecular complexity index is 130. The quantitative estimate of drug-likeness (QED) is 0.678. The summed E-state index contributed by atoms with van der Waals surface area (Å²) in [5.41, 5.74) is 5.30. The molecule has 1 saturated carbocycles. The van der Waals surface area contributed by atoms with E-state index in [1.165, 1.54) is 25.7 Å². The molecule has 0 aliphatic heterocycles. The first kappa shape index (κ1) is 11.9. The summed E-state index contributed by atoms with van der Waals surface area (Å²) in [6, 6.07) is 0. The van der Waals surface area contributed by atoms with Crippen molar-refractivity contribution >= 4 is 18.2 Å². The van der Waals surface area contributed by atoms with Gasteiger partial charge in [0.2, 0.25) is 0 Å². The average molecular weight is 192 g/mol. The Labute approximate surface area is 80.3 Å². The molecule has 0 radical (unpaired) electrons. The zero-order valence-corrected chi connectivity index (χ0v) is 8.24.